The van der Waals surface area contributed by atoms with E-state index in [2.05, 4.69) is 412 Å². The molecule has 10 rings (SSSR count). The van der Waals surface area contributed by atoms with Gasteiger partial charge in [-0.2, -0.15) is 13.0 Å². The second-order valence-corrected chi connectivity index (χ2v) is 40.6. The van der Waals surface area contributed by atoms with Gasteiger partial charge in [0.25, 0.3) is 0 Å². The molecule has 0 saturated carbocycles. The van der Waals surface area contributed by atoms with E-state index in [1.54, 1.807) is 0 Å². The molecule has 1 aliphatic rings. The summed E-state index contributed by atoms with van der Waals surface area (Å²) in [6, 6.07) is 84.1. The normalized spacial score (nSPS) is 11.7. The number of rotatable bonds is 66. The van der Waals surface area contributed by atoms with Gasteiger partial charge in [0, 0.05) is 254 Å². The highest BCUT2D eigenvalue weighted by Gasteiger charge is 2.27. The van der Waals surface area contributed by atoms with Crippen LogP contribution in [0.2, 0.25) is 0 Å². The molecule has 0 amide bonds. The molecule has 802 valence electrons. The maximum Gasteiger partial charge on any atom is 0.394 e. The Morgan fingerprint density at radius 3 is 0.452 bits per heavy atom. The fraction of sp³-hybridized carbons (Fsp3) is 0.516. The van der Waals surface area contributed by atoms with Crippen molar-refractivity contribution in [3.63, 3.8) is 0 Å². The first kappa shape index (κ1) is 122. The molecule has 0 radical (unpaired) electrons. The van der Waals surface area contributed by atoms with E-state index in [1.807, 2.05) is 0 Å². The van der Waals surface area contributed by atoms with Gasteiger partial charge in [0.15, 0.2) is 5.71 Å². The van der Waals surface area contributed by atoms with Crippen LogP contribution in [0.5, 0.6) is 0 Å². The number of hydrogen-bond donors (Lipinski definition) is 2. The SMILES string of the molecule is CCCCN(CCCC)c1ccc(N(c2ccc(N(CCCC)CCCC)cc2)c2ccc(N(c3ccc(N(CCCC)CCCC)cc3)c3ccc(N(CCCC)CCCC)cc3)cc2)cc1.CCCCN(CCCC)c1ccc(N(c2ccc(N(CCCC)CCCC)cc2)c2ccc([N+](=C3C=CC(=[N+](CCCC)CCCC)C=C3)c3ccc(N(CCCC)CCCC)cc3)cc2)cc1.O=S(=O)(O)O.O=S(=O)([O-])[O-]. The molecule has 0 saturated heterocycles. The molecule has 0 aromatic heterocycles. The second-order valence-electron chi connectivity index (χ2n) is 38.9. The standard InChI is InChI=1S/2C62H92N6.2H2O4S/c2*1-9-17-45-63(46-18-10-2)53-25-33-57(34-26-53)67(58-35-27-54(28-36-58)64(47-19-11-3)48-20-12-4)61-41-43-62(44-42-61)68(59-37-29-55(30-38-59)65(49-21-13-5)50-22-14-6)60-39-31-56(32-40-60)66(51-23-15-7)52-24-16-8;2*1-5(2,3)4/h2*25-44H,9-24,45-52H2,1-8H3;2*(H2,1,2,3,4)/q;+2;;/p-2. The molecule has 9 aromatic rings. The van der Waals surface area contributed by atoms with Crippen LogP contribution < -0.4 is 53.6 Å². The molecule has 146 heavy (non-hydrogen) atoms. The molecular formula is C124H186N12O8S2. The summed E-state index contributed by atoms with van der Waals surface area (Å²) in [7, 11) is -9.83. The van der Waals surface area contributed by atoms with Crippen molar-refractivity contribution in [3.8, 4) is 0 Å². The molecule has 0 fully saturated rings. The van der Waals surface area contributed by atoms with Crippen LogP contribution in [0.4, 0.5) is 102 Å². The minimum atomic E-state index is -5.17. The van der Waals surface area contributed by atoms with Gasteiger partial charge in [-0.1, -0.05) is 214 Å². The molecule has 22 heteroatoms. The lowest BCUT2D eigenvalue weighted by Crippen LogP contribution is -2.25. The van der Waals surface area contributed by atoms with Gasteiger partial charge < -0.3 is 58.1 Å². The number of hydrogen-bond acceptors (Lipinski definition) is 16. The number of allylic oxidation sites excluding steroid dienone is 4. The van der Waals surface area contributed by atoms with E-state index >= 15 is 0 Å². The van der Waals surface area contributed by atoms with E-state index in [9.17, 15) is 0 Å². The lowest BCUT2D eigenvalue weighted by atomic mass is 10.1. The molecule has 9 aromatic carbocycles. The van der Waals surface area contributed by atoms with E-state index in [-0.39, 0.29) is 0 Å². The van der Waals surface area contributed by atoms with Gasteiger partial charge in [-0.25, -0.2) is 4.58 Å². The summed E-state index contributed by atoms with van der Waals surface area (Å²) in [5.74, 6) is 0. The van der Waals surface area contributed by atoms with Crippen LogP contribution in [0.3, 0.4) is 0 Å². The Hall–Kier alpha value is -10.5. The third kappa shape index (κ3) is 43.0. The van der Waals surface area contributed by atoms with Gasteiger partial charge in [0.05, 0.1) is 0 Å². The van der Waals surface area contributed by atoms with Crippen molar-refractivity contribution >= 4 is 135 Å². The Balaban J connectivity index is 0.000000362. The summed E-state index contributed by atoms with van der Waals surface area (Å²) in [5, 5.41) is 0. The molecular weight excluding hydrogens is 1850 g/mol. The topological polar surface area (TPSA) is 193 Å². The first-order valence-corrected chi connectivity index (χ1v) is 59.2. The van der Waals surface area contributed by atoms with Crippen molar-refractivity contribution in [2.24, 2.45) is 0 Å². The third-order valence-corrected chi connectivity index (χ3v) is 27.0. The molecule has 0 aliphatic heterocycles. The lowest BCUT2D eigenvalue weighted by Gasteiger charge is -2.31. The molecule has 0 unspecified atom stereocenters. The van der Waals surface area contributed by atoms with Crippen molar-refractivity contribution in [3.05, 3.63) is 243 Å². The zero-order chi connectivity index (χ0) is 106. The van der Waals surface area contributed by atoms with Gasteiger partial charge in [-0.05, 0) is 284 Å². The maximum atomic E-state index is 8.74. The number of nitrogens with zero attached hydrogens (tertiary/aromatic N) is 12. The molecule has 0 heterocycles. The third-order valence-electron chi connectivity index (χ3n) is 27.0. The Bertz CT molecular complexity index is 4910. The monoisotopic (exact) mass is 2040 g/mol. The van der Waals surface area contributed by atoms with Gasteiger partial charge >= 0.3 is 10.4 Å². The van der Waals surface area contributed by atoms with E-state index in [1.165, 1.54) is 297 Å². The van der Waals surface area contributed by atoms with Crippen LogP contribution in [0, 0.1) is 0 Å². The number of benzene rings is 9. The summed E-state index contributed by atoms with van der Waals surface area (Å²) in [4.78, 5) is 25.4. The summed E-state index contributed by atoms with van der Waals surface area (Å²) >= 11 is 0. The van der Waals surface area contributed by atoms with E-state index in [0.717, 1.165) is 127 Å². The Labute approximate surface area is 885 Å². The highest BCUT2D eigenvalue weighted by molar-refractivity contribution is 7.80. The second kappa shape index (κ2) is 69.7. The van der Waals surface area contributed by atoms with Crippen molar-refractivity contribution in [2.75, 3.05) is 154 Å². The minimum Gasteiger partial charge on any atom is -0.759 e. The molecule has 0 atom stereocenters. The highest BCUT2D eigenvalue weighted by atomic mass is 32.3. The van der Waals surface area contributed by atoms with Crippen LogP contribution in [0.15, 0.2) is 243 Å². The van der Waals surface area contributed by atoms with Gasteiger partial charge in [-0.15, -0.1) is 0 Å². The Kier molecular flexibility index (Phi) is 58.5. The van der Waals surface area contributed by atoms with E-state index in [0.29, 0.717) is 0 Å². The van der Waals surface area contributed by atoms with Crippen LogP contribution in [0.1, 0.15) is 316 Å². The van der Waals surface area contributed by atoms with Crippen molar-refractivity contribution in [1.29, 1.82) is 0 Å². The van der Waals surface area contributed by atoms with Crippen LogP contribution >= 0.6 is 0 Å². The summed E-state index contributed by atoms with van der Waals surface area (Å²) in [6.45, 7) is 54.3. The zero-order valence-electron chi connectivity index (χ0n) is 92.6. The average Bonchev–Trinajstić information content (AvgIpc) is 0.651. The Morgan fingerprint density at radius 2 is 0.315 bits per heavy atom. The number of unbranched alkanes of at least 4 members (excludes halogenated alkanes) is 16. The molecule has 2 N–H and O–H groups in total. The summed E-state index contributed by atoms with van der Waals surface area (Å²) in [6.07, 6.45) is 48.0. The summed E-state index contributed by atoms with van der Waals surface area (Å²) in [5.41, 5.74) is 24.5. The largest absolute Gasteiger partial charge is 0.759 e. The zero-order valence-corrected chi connectivity index (χ0v) is 94.2. The van der Waals surface area contributed by atoms with Crippen LogP contribution in [-0.2, 0) is 20.8 Å². The quantitative estimate of drug-likeness (QED) is 0.0158. The fourth-order valence-corrected chi connectivity index (χ4v) is 18.3. The number of anilines is 16. The van der Waals surface area contributed by atoms with Gasteiger partial charge in [-0.3, -0.25) is 17.5 Å². The molecule has 20 nitrogen and oxygen atoms in total. The van der Waals surface area contributed by atoms with Gasteiger partial charge in [0.1, 0.15) is 13.1 Å². The van der Waals surface area contributed by atoms with Crippen molar-refractivity contribution in [2.45, 2.75) is 316 Å². The average molecular weight is 2040 g/mol. The predicted molar refractivity (Wildman–Crippen MR) is 632 cm³/mol. The van der Waals surface area contributed by atoms with Crippen molar-refractivity contribution < 1.29 is 39.6 Å². The highest BCUT2D eigenvalue weighted by Crippen LogP contribution is 2.44. The molecule has 0 spiro atoms. The maximum absolute atomic E-state index is 8.74. The fourth-order valence-electron chi connectivity index (χ4n) is 18.3. The first-order valence-electron chi connectivity index (χ1n) is 56.4. The van der Waals surface area contributed by atoms with Crippen molar-refractivity contribution in [1.82, 2.24) is 4.58 Å². The van der Waals surface area contributed by atoms with Crippen LogP contribution in [-0.4, -0.2) is 156 Å². The molecule has 0 bridgehead atoms. The summed E-state index contributed by atoms with van der Waals surface area (Å²) < 4.78 is 70.7. The molecule has 1 aliphatic carbocycles. The minimum absolute atomic E-state index is 1.10. The predicted octanol–water partition coefficient (Wildman–Crippen LogP) is 33.1. The Morgan fingerprint density at radius 1 is 0.199 bits per heavy atom. The van der Waals surface area contributed by atoms with Gasteiger partial charge in [0.2, 0.25) is 17.1 Å². The van der Waals surface area contributed by atoms with E-state index in [4.69, 9.17) is 35.0 Å². The smallest absolute Gasteiger partial charge is 0.394 e. The first-order chi connectivity index (χ1) is 70.8. The lowest BCUT2D eigenvalue weighted by molar-refractivity contribution is -0.527. The van der Waals surface area contributed by atoms with Crippen LogP contribution in [0.25, 0.3) is 0 Å². The van der Waals surface area contributed by atoms with E-state index < -0.39 is 20.8 Å².